The van der Waals surface area contributed by atoms with Gasteiger partial charge in [0.2, 0.25) is 5.89 Å². The summed E-state index contributed by atoms with van der Waals surface area (Å²) in [4.78, 5) is 23.3. The summed E-state index contributed by atoms with van der Waals surface area (Å²) in [7, 11) is 1.86. The van der Waals surface area contributed by atoms with Crippen molar-refractivity contribution in [3.8, 4) is 0 Å². The number of halogens is 2. The van der Waals surface area contributed by atoms with Gasteiger partial charge in [-0.25, -0.2) is 13.8 Å². The second-order valence-corrected chi connectivity index (χ2v) is 8.62. The zero-order valence-corrected chi connectivity index (χ0v) is 18.0. The van der Waals surface area contributed by atoms with Crippen molar-refractivity contribution < 1.29 is 18.0 Å². The molecule has 2 heterocycles. The van der Waals surface area contributed by atoms with Crippen LogP contribution in [0.5, 0.6) is 0 Å². The highest BCUT2D eigenvalue weighted by molar-refractivity contribution is 5.92. The van der Waals surface area contributed by atoms with Crippen LogP contribution < -0.4 is 0 Å². The SMILES string of the molecule is CN(C(=O)c1coc(CN2CCN(Cc3ccc(F)cc3F)CC2)n1)C1CCCCC1. The van der Waals surface area contributed by atoms with Gasteiger partial charge in [-0.2, -0.15) is 0 Å². The number of carbonyl (C=O) groups excluding carboxylic acids is 1. The van der Waals surface area contributed by atoms with Gasteiger partial charge < -0.3 is 9.32 Å². The standard InChI is InChI=1S/C23H30F2N4O2/c1-27(19-5-3-2-4-6-19)23(30)21-16-31-22(26-21)15-29-11-9-28(10-12-29)14-17-7-8-18(24)13-20(17)25/h7-8,13,16,19H,2-6,9-12,14-15H2,1H3. The third-order valence-electron chi connectivity index (χ3n) is 6.45. The van der Waals surface area contributed by atoms with Gasteiger partial charge in [0.1, 0.15) is 17.9 Å². The van der Waals surface area contributed by atoms with Gasteiger partial charge in [-0.05, 0) is 18.9 Å². The highest BCUT2D eigenvalue weighted by atomic mass is 19.1. The number of nitrogens with zero attached hydrogens (tertiary/aromatic N) is 4. The van der Waals surface area contributed by atoms with Crippen molar-refractivity contribution in [2.24, 2.45) is 0 Å². The summed E-state index contributed by atoms with van der Waals surface area (Å²) in [5.74, 6) is -0.594. The fraction of sp³-hybridized carbons (Fsp3) is 0.565. The summed E-state index contributed by atoms with van der Waals surface area (Å²) < 4.78 is 32.5. The van der Waals surface area contributed by atoms with Gasteiger partial charge in [-0.15, -0.1) is 0 Å². The Morgan fingerprint density at radius 1 is 1.10 bits per heavy atom. The van der Waals surface area contributed by atoms with E-state index >= 15 is 0 Å². The lowest BCUT2D eigenvalue weighted by Crippen LogP contribution is -2.45. The lowest BCUT2D eigenvalue weighted by molar-refractivity contribution is 0.0690. The first-order valence-electron chi connectivity index (χ1n) is 11.1. The number of piperazine rings is 1. The molecule has 6 nitrogen and oxygen atoms in total. The molecule has 1 aromatic carbocycles. The zero-order valence-electron chi connectivity index (χ0n) is 18.0. The van der Waals surface area contributed by atoms with Crippen molar-refractivity contribution in [1.29, 1.82) is 0 Å². The van der Waals surface area contributed by atoms with Crippen LogP contribution in [0.2, 0.25) is 0 Å². The van der Waals surface area contributed by atoms with Gasteiger partial charge in [0.15, 0.2) is 5.69 Å². The van der Waals surface area contributed by atoms with Gasteiger partial charge in [-0.1, -0.05) is 25.3 Å². The molecule has 0 bridgehead atoms. The lowest BCUT2D eigenvalue weighted by atomic mass is 9.94. The summed E-state index contributed by atoms with van der Waals surface area (Å²) in [5.41, 5.74) is 0.876. The van der Waals surface area contributed by atoms with Crippen molar-refractivity contribution in [1.82, 2.24) is 19.7 Å². The molecule has 1 aliphatic heterocycles. The molecule has 1 aliphatic carbocycles. The van der Waals surface area contributed by atoms with E-state index < -0.39 is 11.6 Å². The van der Waals surface area contributed by atoms with Crippen LogP contribution in [0.25, 0.3) is 0 Å². The van der Waals surface area contributed by atoms with Gasteiger partial charge in [0, 0.05) is 57.4 Å². The average Bonchev–Trinajstić information content (AvgIpc) is 3.25. The highest BCUT2D eigenvalue weighted by Gasteiger charge is 2.26. The second kappa shape index (κ2) is 9.87. The maximum absolute atomic E-state index is 13.9. The third kappa shape index (κ3) is 5.49. The number of oxazole rings is 1. The Morgan fingerprint density at radius 3 is 2.45 bits per heavy atom. The van der Waals surface area contributed by atoms with Crippen LogP contribution in [0.1, 0.15) is 54.0 Å². The molecular weight excluding hydrogens is 402 g/mol. The van der Waals surface area contributed by atoms with Crippen LogP contribution >= 0.6 is 0 Å². The minimum atomic E-state index is -0.556. The number of carbonyl (C=O) groups is 1. The van der Waals surface area contributed by atoms with Gasteiger partial charge >= 0.3 is 0 Å². The Morgan fingerprint density at radius 2 is 1.77 bits per heavy atom. The van der Waals surface area contributed by atoms with E-state index in [1.165, 1.54) is 37.7 Å². The molecule has 0 atom stereocenters. The maximum atomic E-state index is 13.9. The van der Waals surface area contributed by atoms with Gasteiger partial charge in [-0.3, -0.25) is 14.6 Å². The van der Waals surface area contributed by atoms with Crippen molar-refractivity contribution in [2.45, 2.75) is 51.2 Å². The van der Waals surface area contributed by atoms with Crippen LogP contribution in [0.3, 0.4) is 0 Å². The molecule has 4 rings (SSSR count). The summed E-state index contributed by atoms with van der Waals surface area (Å²) >= 11 is 0. The molecule has 1 saturated carbocycles. The fourth-order valence-corrected chi connectivity index (χ4v) is 4.48. The Balaban J connectivity index is 1.26. The number of aromatic nitrogens is 1. The zero-order chi connectivity index (χ0) is 21.8. The van der Waals surface area contributed by atoms with Crippen molar-refractivity contribution >= 4 is 5.91 Å². The smallest absolute Gasteiger partial charge is 0.275 e. The summed E-state index contributed by atoms with van der Waals surface area (Å²) in [6, 6.07) is 4.02. The summed E-state index contributed by atoms with van der Waals surface area (Å²) in [6.07, 6.45) is 7.17. The summed E-state index contributed by atoms with van der Waals surface area (Å²) in [6.45, 7) is 4.12. The molecule has 168 valence electrons. The average molecular weight is 433 g/mol. The number of hydrogen-bond acceptors (Lipinski definition) is 5. The quantitative estimate of drug-likeness (QED) is 0.697. The maximum Gasteiger partial charge on any atom is 0.275 e. The predicted octanol–water partition coefficient (Wildman–Crippen LogP) is 3.68. The molecule has 2 aromatic rings. The molecule has 31 heavy (non-hydrogen) atoms. The van der Waals surface area contributed by atoms with E-state index in [9.17, 15) is 13.6 Å². The molecule has 2 aliphatic rings. The molecule has 1 saturated heterocycles. The largest absolute Gasteiger partial charge is 0.447 e. The highest BCUT2D eigenvalue weighted by Crippen LogP contribution is 2.23. The minimum Gasteiger partial charge on any atom is -0.447 e. The van der Waals surface area contributed by atoms with Gasteiger partial charge in [0.05, 0.1) is 6.54 Å². The molecule has 2 fully saturated rings. The predicted molar refractivity (Wildman–Crippen MR) is 112 cm³/mol. The Kier molecular flexibility index (Phi) is 6.97. The molecule has 1 aromatic heterocycles. The van der Waals surface area contributed by atoms with Crippen molar-refractivity contribution in [3.05, 3.63) is 53.2 Å². The van der Waals surface area contributed by atoms with E-state index in [4.69, 9.17) is 4.42 Å². The number of amides is 1. The van der Waals surface area contributed by atoms with Gasteiger partial charge in [0.25, 0.3) is 5.91 Å². The van der Waals surface area contributed by atoms with Crippen LogP contribution in [0.4, 0.5) is 8.78 Å². The minimum absolute atomic E-state index is 0.0759. The first-order chi connectivity index (χ1) is 15.0. The van der Waals surface area contributed by atoms with Crippen LogP contribution in [-0.2, 0) is 13.1 Å². The molecule has 8 heteroatoms. The van der Waals surface area contributed by atoms with E-state index in [-0.39, 0.29) is 5.91 Å². The molecule has 0 spiro atoms. The molecule has 0 unspecified atom stereocenters. The third-order valence-corrected chi connectivity index (χ3v) is 6.45. The molecular formula is C23H30F2N4O2. The monoisotopic (exact) mass is 432 g/mol. The Labute approximate surface area is 181 Å². The van der Waals surface area contributed by atoms with E-state index in [1.54, 1.807) is 0 Å². The second-order valence-electron chi connectivity index (χ2n) is 8.62. The Bertz CT molecular complexity index is 889. The van der Waals surface area contributed by atoms with Crippen LogP contribution in [-0.4, -0.2) is 64.9 Å². The van der Waals surface area contributed by atoms with Crippen molar-refractivity contribution in [3.63, 3.8) is 0 Å². The van der Waals surface area contributed by atoms with E-state index in [1.807, 2.05) is 11.9 Å². The number of rotatable bonds is 6. The van der Waals surface area contributed by atoms with Crippen molar-refractivity contribution in [2.75, 3.05) is 33.2 Å². The van der Waals surface area contributed by atoms with E-state index in [2.05, 4.69) is 14.8 Å². The first kappa shape index (κ1) is 21.9. The number of hydrogen-bond donors (Lipinski definition) is 0. The van der Waals surface area contributed by atoms with Crippen LogP contribution in [0.15, 0.2) is 28.9 Å². The van der Waals surface area contributed by atoms with E-state index in [0.29, 0.717) is 36.3 Å². The number of benzene rings is 1. The fourth-order valence-electron chi connectivity index (χ4n) is 4.48. The Hall–Kier alpha value is -2.32. The first-order valence-corrected chi connectivity index (χ1v) is 11.1. The normalized spacial score (nSPS) is 18.9. The molecule has 0 N–H and O–H groups in total. The summed E-state index contributed by atoms with van der Waals surface area (Å²) in [5, 5.41) is 0. The molecule has 0 radical (unpaired) electrons. The van der Waals surface area contributed by atoms with Crippen LogP contribution in [0, 0.1) is 11.6 Å². The molecule has 1 amide bonds. The topological polar surface area (TPSA) is 52.8 Å². The lowest BCUT2D eigenvalue weighted by Gasteiger charge is -2.34. The van der Waals surface area contributed by atoms with E-state index in [0.717, 1.165) is 45.1 Å².